The highest BCUT2D eigenvalue weighted by Gasteiger charge is 2.00. The van der Waals surface area contributed by atoms with Gasteiger partial charge in [-0.25, -0.2) is 8.42 Å². The molecule has 306 valence electrons. The smallest absolute Gasteiger partial charge is 0.726 e. The van der Waals surface area contributed by atoms with Gasteiger partial charge in [0, 0.05) is 0 Å². The first-order valence-electron chi connectivity index (χ1n) is 20.7. The van der Waals surface area contributed by atoms with E-state index in [4.69, 9.17) is 4.55 Å². The normalized spacial score (nSPS) is 11.7. The van der Waals surface area contributed by atoms with Gasteiger partial charge in [-0.05, 0) is 33.0 Å². The molecular formula is C39H85NO8S2. The van der Waals surface area contributed by atoms with E-state index >= 15 is 0 Å². The summed E-state index contributed by atoms with van der Waals surface area (Å²) in [7, 11) is -4.55. The van der Waals surface area contributed by atoms with Gasteiger partial charge < -0.3 is 9.45 Å². The first kappa shape index (κ1) is 54.0. The van der Waals surface area contributed by atoms with E-state index in [1.165, 1.54) is 219 Å². The van der Waals surface area contributed by atoms with Crippen molar-refractivity contribution in [2.24, 2.45) is 0 Å². The molecule has 0 unspecified atom stereocenters. The second-order valence-corrected chi connectivity index (χ2v) is 16.4. The van der Waals surface area contributed by atoms with Crippen LogP contribution in [0.15, 0.2) is 0 Å². The maximum atomic E-state index is 9.33. The van der Waals surface area contributed by atoms with Gasteiger partial charge >= 0.3 is 11.8 Å². The van der Waals surface area contributed by atoms with Crippen LogP contribution in [-0.2, 0) is 29.2 Å². The molecule has 0 aliphatic rings. The van der Waals surface area contributed by atoms with Crippen molar-refractivity contribution in [3.05, 3.63) is 0 Å². The first-order valence-corrected chi connectivity index (χ1v) is 23.4. The Morgan fingerprint density at radius 3 is 0.740 bits per heavy atom. The third-order valence-electron chi connectivity index (χ3n) is 9.20. The molecule has 0 aliphatic heterocycles. The number of unbranched alkanes of at least 4 members (excludes halogenated alkanes) is 30. The molecule has 0 radical (unpaired) electrons. The molecule has 0 aromatic heterocycles. The zero-order valence-electron chi connectivity index (χ0n) is 34.6. The van der Waals surface area contributed by atoms with Crippen LogP contribution in [0.4, 0.5) is 0 Å². The van der Waals surface area contributed by atoms with Crippen molar-refractivity contribution in [3.8, 4) is 0 Å². The van der Waals surface area contributed by atoms with Gasteiger partial charge in [0.25, 0.3) is 0 Å². The molecular weight excluding hydrogens is 675 g/mol. The topological polar surface area (TPSA) is 133 Å². The highest BCUT2D eigenvalue weighted by molar-refractivity contribution is 7.81. The number of hydrogen-bond donors (Lipinski definition) is 1. The average molecular weight is 760 g/mol. The number of hydrogen-bond acceptors (Lipinski definition) is 8. The van der Waals surface area contributed by atoms with Crippen LogP contribution in [0.25, 0.3) is 0 Å². The lowest BCUT2D eigenvalue weighted by Crippen LogP contribution is -2.20. The minimum Gasteiger partial charge on any atom is -0.726 e. The van der Waals surface area contributed by atoms with E-state index in [1.807, 2.05) is 0 Å². The van der Waals surface area contributed by atoms with E-state index < -0.39 is 20.8 Å². The van der Waals surface area contributed by atoms with Gasteiger partial charge in [0.15, 0.2) is 0 Å². The Bertz CT molecular complexity index is 780. The molecule has 0 bridgehead atoms. The fourth-order valence-electron chi connectivity index (χ4n) is 5.97. The fourth-order valence-corrected chi connectivity index (χ4v) is 5.97. The van der Waals surface area contributed by atoms with Gasteiger partial charge in [0.1, 0.15) is 0 Å². The van der Waals surface area contributed by atoms with Gasteiger partial charge in [-0.2, -0.15) is 8.42 Å². The standard InChI is InChI=1S/C37H77N.2CH4O4S/c1-4-6-8-10-12-14-16-18-20-22-24-26-28-30-32-34-36-38(3)37-35-33-31-29-27-25-23-21-19-17-15-13-11-9-7-5-2;2*1-5-6(2,3)4/h4-37H2,1-3H3;2*1H3,(H,2,3,4). The van der Waals surface area contributed by atoms with Crippen molar-refractivity contribution in [2.75, 3.05) is 34.4 Å². The Morgan fingerprint density at radius 2 is 0.600 bits per heavy atom. The molecule has 0 aliphatic carbocycles. The molecule has 0 amide bonds. The Labute approximate surface area is 314 Å². The maximum Gasteiger partial charge on any atom is 1.00 e. The third-order valence-corrected chi connectivity index (χ3v) is 10.0. The second kappa shape index (κ2) is 43.1. The molecule has 0 aromatic rings. The molecule has 50 heavy (non-hydrogen) atoms. The second-order valence-electron chi connectivity index (χ2n) is 14.1. The zero-order valence-corrected chi connectivity index (χ0v) is 35.2. The van der Waals surface area contributed by atoms with E-state index in [1.54, 1.807) is 0 Å². The van der Waals surface area contributed by atoms with Crippen LogP contribution >= 0.6 is 0 Å². The molecule has 1 N–H and O–H groups in total. The lowest BCUT2D eigenvalue weighted by Gasteiger charge is -2.16. The lowest BCUT2D eigenvalue weighted by atomic mass is 10.0. The largest absolute Gasteiger partial charge is 1.00 e. The van der Waals surface area contributed by atoms with Gasteiger partial charge in [-0.3, -0.25) is 12.9 Å². The molecule has 0 fully saturated rings. The summed E-state index contributed by atoms with van der Waals surface area (Å²) in [4.78, 5) is 2.59. The van der Waals surface area contributed by atoms with Crippen LogP contribution in [0, 0.1) is 0 Å². The summed E-state index contributed by atoms with van der Waals surface area (Å²) >= 11 is 0. The summed E-state index contributed by atoms with van der Waals surface area (Å²) in [6.07, 6.45) is 46.8. The van der Waals surface area contributed by atoms with Crippen molar-refractivity contribution < 1.29 is 35.7 Å². The molecule has 0 spiro atoms. The Hall–Kier alpha value is -0.300. The van der Waals surface area contributed by atoms with E-state index in [2.05, 4.69) is 34.2 Å². The SMILES string of the molecule is CCCCCCCCCCCCCCCCCCN(C)CCCCCCCCCCCCCCCCCC.COS(=O)(=O)O.COS(=O)(=O)[O-].[H+]. The van der Waals surface area contributed by atoms with Crippen molar-refractivity contribution in [1.29, 1.82) is 0 Å². The van der Waals surface area contributed by atoms with Crippen molar-refractivity contribution in [1.82, 2.24) is 4.90 Å². The molecule has 0 heterocycles. The quantitative estimate of drug-likeness (QED) is 0.0376. The molecule has 9 nitrogen and oxygen atoms in total. The molecule has 0 aromatic carbocycles. The average Bonchev–Trinajstić information content (AvgIpc) is 3.07. The Kier molecular flexibility index (Phi) is 46.6. The molecule has 0 saturated heterocycles. The minimum atomic E-state index is -4.41. The third kappa shape index (κ3) is 59.8. The number of rotatable bonds is 36. The summed E-state index contributed by atoms with van der Waals surface area (Å²) in [5.74, 6) is 0. The van der Waals surface area contributed by atoms with Gasteiger partial charge in [0.05, 0.1) is 14.2 Å². The van der Waals surface area contributed by atoms with Crippen LogP contribution in [0.1, 0.15) is 221 Å². The highest BCUT2D eigenvalue weighted by atomic mass is 32.3. The van der Waals surface area contributed by atoms with Gasteiger partial charge in [0.2, 0.25) is 10.4 Å². The zero-order chi connectivity index (χ0) is 38.0. The Balaban J connectivity index is -0.000000721. The molecule has 11 heteroatoms. The van der Waals surface area contributed by atoms with Crippen molar-refractivity contribution in [2.45, 2.75) is 219 Å². The summed E-state index contributed by atoms with van der Waals surface area (Å²) in [6, 6.07) is 0. The van der Waals surface area contributed by atoms with Crippen LogP contribution in [0.2, 0.25) is 0 Å². The van der Waals surface area contributed by atoms with E-state index in [0.717, 1.165) is 14.2 Å². The maximum absolute atomic E-state index is 9.33. The Morgan fingerprint density at radius 1 is 0.440 bits per heavy atom. The lowest BCUT2D eigenvalue weighted by molar-refractivity contribution is 0.314. The highest BCUT2D eigenvalue weighted by Crippen LogP contribution is 2.15. The summed E-state index contributed by atoms with van der Waals surface area (Å²) < 4.78 is 60.7. The summed E-state index contributed by atoms with van der Waals surface area (Å²) in [5, 5.41) is 0. The minimum absolute atomic E-state index is 0. The van der Waals surface area contributed by atoms with E-state index in [-0.39, 0.29) is 1.43 Å². The van der Waals surface area contributed by atoms with Crippen LogP contribution < -0.4 is 0 Å². The van der Waals surface area contributed by atoms with Crippen molar-refractivity contribution >= 4 is 20.8 Å². The van der Waals surface area contributed by atoms with E-state index in [0.29, 0.717) is 0 Å². The first-order chi connectivity index (χ1) is 23.9. The number of nitrogens with zero attached hydrogens (tertiary/aromatic N) is 1. The summed E-state index contributed by atoms with van der Waals surface area (Å²) in [6.45, 7) is 7.25. The predicted molar refractivity (Wildman–Crippen MR) is 213 cm³/mol. The molecule has 0 rings (SSSR count). The molecule has 0 saturated carbocycles. The van der Waals surface area contributed by atoms with Gasteiger partial charge in [-0.15, -0.1) is 0 Å². The van der Waals surface area contributed by atoms with Crippen LogP contribution in [0.5, 0.6) is 0 Å². The molecule has 0 atom stereocenters. The van der Waals surface area contributed by atoms with Crippen molar-refractivity contribution in [3.63, 3.8) is 0 Å². The van der Waals surface area contributed by atoms with Crippen LogP contribution in [0.3, 0.4) is 0 Å². The van der Waals surface area contributed by atoms with Crippen LogP contribution in [-0.4, -0.2) is 65.2 Å². The monoisotopic (exact) mass is 760 g/mol. The van der Waals surface area contributed by atoms with E-state index in [9.17, 15) is 21.4 Å². The predicted octanol–water partition coefficient (Wildman–Crippen LogP) is 12.1. The summed E-state index contributed by atoms with van der Waals surface area (Å²) in [5.41, 5.74) is 0. The fraction of sp³-hybridized carbons (Fsp3) is 1.00. The van der Waals surface area contributed by atoms with Gasteiger partial charge in [-0.1, -0.05) is 206 Å².